The van der Waals surface area contributed by atoms with Crippen LogP contribution in [0, 0.1) is 5.41 Å². The maximum atomic E-state index is 12.2. The van der Waals surface area contributed by atoms with Gasteiger partial charge in [-0.15, -0.1) is 0 Å². The van der Waals surface area contributed by atoms with Crippen molar-refractivity contribution < 1.29 is 24.4 Å². The van der Waals surface area contributed by atoms with Crippen LogP contribution in [0.3, 0.4) is 0 Å². The van der Waals surface area contributed by atoms with E-state index >= 15 is 0 Å². The minimum Gasteiger partial charge on any atom is -0.480 e. The van der Waals surface area contributed by atoms with Crippen LogP contribution < -0.4 is 16.1 Å². The summed E-state index contributed by atoms with van der Waals surface area (Å²) in [7, 11) is -0.977. The molecular weight excluding hydrogens is 299 g/mol. The molecule has 1 aromatic rings. The van der Waals surface area contributed by atoms with Gasteiger partial charge >= 0.3 is 13.1 Å². The molecule has 124 valence electrons. The van der Waals surface area contributed by atoms with Crippen LogP contribution >= 0.6 is 0 Å². The van der Waals surface area contributed by atoms with Gasteiger partial charge in [0.15, 0.2) is 0 Å². The van der Waals surface area contributed by atoms with Crippen molar-refractivity contribution in [3.63, 3.8) is 0 Å². The van der Waals surface area contributed by atoms with E-state index < -0.39 is 13.1 Å². The Labute approximate surface area is 135 Å². The lowest BCUT2D eigenvalue weighted by Gasteiger charge is -2.25. The highest BCUT2D eigenvalue weighted by Gasteiger charge is 2.28. The van der Waals surface area contributed by atoms with Crippen LogP contribution in [-0.4, -0.2) is 48.8 Å². The fraction of sp³-hybridized carbons (Fsp3) is 0.467. The molecular formula is C15H21BN2O5. The number of amides is 1. The molecule has 0 fully saturated rings. The molecule has 0 saturated heterocycles. The summed E-state index contributed by atoms with van der Waals surface area (Å²) in [6, 6.07) is 5.11. The number of benzene rings is 1. The second-order valence-electron chi connectivity index (χ2n) is 6.42. The van der Waals surface area contributed by atoms with Crippen LogP contribution in [0.5, 0.6) is 0 Å². The molecule has 1 heterocycles. The highest BCUT2D eigenvalue weighted by Crippen LogP contribution is 2.14. The first-order chi connectivity index (χ1) is 10.8. The third-order valence-corrected chi connectivity index (χ3v) is 3.68. The van der Waals surface area contributed by atoms with Gasteiger partial charge in [0.05, 0.1) is 13.2 Å². The van der Waals surface area contributed by atoms with Crippen molar-refractivity contribution in [1.82, 2.24) is 10.6 Å². The molecule has 4 N–H and O–H groups in total. The first-order valence-electron chi connectivity index (χ1n) is 7.42. The lowest BCUT2D eigenvalue weighted by molar-refractivity contribution is -0.136. The molecule has 1 aromatic carbocycles. The predicted octanol–water partition coefficient (Wildman–Crippen LogP) is -0.665. The van der Waals surface area contributed by atoms with E-state index in [0.717, 1.165) is 5.56 Å². The first-order valence-corrected chi connectivity index (χ1v) is 7.42. The predicted molar refractivity (Wildman–Crippen MR) is 85.5 cm³/mol. The zero-order valence-corrected chi connectivity index (χ0v) is 13.3. The number of hydrogen-bond donors (Lipinski definition) is 4. The molecule has 0 radical (unpaired) electrons. The fourth-order valence-corrected chi connectivity index (χ4v) is 2.35. The number of carboxylic acid groups (broad SMARTS) is 1. The second-order valence-corrected chi connectivity index (χ2v) is 6.42. The van der Waals surface area contributed by atoms with Crippen molar-refractivity contribution >= 4 is 24.5 Å². The fourth-order valence-electron chi connectivity index (χ4n) is 2.35. The minimum absolute atomic E-state index is 0.111. The monoisotopic (exact) mass is 320 g/mol. The van der Waals surface area contributed by atoms with Gasteiger partial charge in [-0.05, 0) is 28.6 Å². The molecule has 0 saturated carbocycles. The van der Waals surface area contributed by atoms with E-state index in [1.165, 1.54) is 0 Å². The highest BCUT2D eigenvalue weighted by molar-refractivity contribution is 6.61. The summed E-state index contributed by atoms with van der Waals surface area (Å²) < 4.78 is 5.10. The lowest BCUT2D eigenvalue weighted by atomic mass is 9.78. The Morgan fingerprint density at radius 2 is 2.09 bits per heavy atom. The smallest absolute Gasteiger partial charge is 0.480 e. The number of rotatable bonds is 7. The molecule has 0 atom stereocenters. The van der Waals surface area contributed by atoms with Crippen LogP contribution in [0.2, 0.25) is 0 Å². The Balaban J connectivity index is 1.89. The maximum Gasteiger partial charge on any atom is 0.491 e. The van der Waals surface area contributed by atoms with Crippen molar-refractivity contribution in [2.24, 2.45) is 5.41 Å². The molecule has 0 aromatic heterocycles. The normalized spacial score (nSPS) is 13.8. The summed E-state index contributed by atoms with van der Waals surface area (Å²) in [6.07, 6.45) is 0. The molecule has 7 nitrogen and oxygen atoms in total. The molecule has 23 heavy (non-hydrogen) atoms. The molecule has 8 heteroatoms. The van der Waals surface area contributed by atoms with Crippen molar-refractivity contribution in [2.75, 3.05) is 19.6 Å². The number of fused-ring (bicyclic) bond motifs is 1. The summed E-state index contributed by atoms with van der Waals surface area (Å²) in [5.74, 6) is -1.15. The highest BCUT2D eigenvalue weighted by atomic mass is 16.5. The van der Waals surface area contributed by atoms with Crippen LogP contribution in [0.4, 0.5) is 0 Å². The quantitative estimate of drug-likeness (QED) is 0.497. The zero-order chi connectivity index (χ0) is 17.0. The molecule has 2 rings (SSSR count). The number of hydrogen-bond acceptors (Lipinski definition) is 5. The van der Waals surface area contributed by atoms with E-state index in [-0.39, 0.29) is 17.9 Å². The van der Waals surface area contributed by atoms with Gasteiger partial charge in [-0.3, -0.25) is 9.59 Å². The van der Waals surface area contributed by atoms with E-state index in [1.54, 1.807) is 18.2 Å². The van der Waals surface area contributed by atoms with Crippen LogP contribution in [-0.2, 0) is 16.1 Å². The maximum absolute atomic E-state index is 12.2. The van der Waals surface area contributed by atoms with Crippen LogP contribution in [0.1, 0.15) is 29.8 Å². The second kappa shape index (κ2) is 7.12. The van der Waals surface area contributed by atoms with Gasteiger partial charge in [-0.2, -0.15) is 0 Å². The molecule has 0 spiro atoms. The third kappa shape index (κ3) is 4.79. The number of aliphatic carboxylic acids is 1. The standard InChI is InChI=1S/C15H21BN2O5/c1-15(2,8-17-6-13(19)20)9-18-14(21)10-3-4-11-7-23-16(22)12(11)5-10/h3-5,17,22H,6-9H2,1-2H3,(H,18,21)(H,19,20). The van der Waals surface area contributed by atoms with E-state index in [1.807, 2.05) is 13.8 Å². The van der Waals surface area contributed by atoms with E-state index in [0.29, 0.717) is 30.7 Å². The molecule has 1 aliphatic heterocycles. The Morgan fingerprint density at radius 3 is 2.78 bits per heavy atom. The number of nitrogens with one attached hydrogen (secondary N) is 2. The average molecular weight is 320 g/mol. The van der Waals surface area contributed by atoms with Gasteiger partial charge in [-0.1, -0.05) is 19.9 Å². The van der Waals surface area contributed by atoms with E-state index in [9.17, 15) is 14.6 Å². The topological polar surface area (TPSA) is 108 Å². The van der Waals surface area contributed by atoms with Crippen molar-refractivity contribution in [2.45, 2.75) is 20.5 Å². The Morgan fingerprint density at radius 1 is 1.35 bits per heavy atom. The molecule has 0 unspecified atom stereocenters. The Kier molecular flexibility index (Phi) is 5.40. The number of carboxylic acids is 1. The molecule has 1 amide bonds. The lowest BCUT2D eigenvalue weighted by Crippen LogP contribution is -2.41. The summed E-state index contributed by atoms with van der Waals surface area (Å²) in [6.45, 7) is 4.97. The molecule has 1 aliphatic rings. The van der Waals surface area contributed by atoms with E-state index in [4.69, 9.17) is 9.76 Å². The van der Waals surface area contributed by atoms with Gasteiger partial charge in [0.25, 0.3) is 5.91 Å². The van der Waals surface area contributed by atoms with E-state index in [2.05, 4.69) is 10.6 Å². The number of carbonyl (C=O) groups is 2. The molecule has 0 aliphatic carbocycles. The van der Waals surface area contributed by atoms with Gasteiger partial charge in [0.1, 0.15) is 0 Å². The Bertz CT molecular complexity index is 606. The largest absolute Gasteiger partial charge is 0.491 e. The van der Waals surface area contributed by atoms with Crippen LogP contribution in [0.25, 0.3) is 0 Å². The van der Waals surface area contributed by atoms with Crippen LogP contribution in [0.15, 0.2) is 18.2 Å². The third-order valence-electron chi connectivity index (χ3n) is 3.68. The molecule has 0 bridgehead atoms. The van der Waals surface area contributed by atoms with Gasteiger partial charge in [-0.25, -0.2) is 0 Å². The summed E-state index contributed by atoms with van der Waals surface area (Å²) in [5, 5.41) is 24.0. The summed E-state index contributed by atoms with van der Waals surface area (Å²) >= 11 is 0. The minimum atomic E-state index is -0.977. The Hall–Kier alpha value is -1.90. The SMILES string of the molecule is CC(C)(CNCC(=O)O)CNC(=O)c1ccc2c(c1)B(O)OC2. The van der Waals surface area contributed by atoms with Gasteiger partial charge in [0.2, 0.25) is 0 Å². The van der Waals surface area contributed by atoms with Crippen molar-refractivity contribution in [1.29, 1.82) is 0 Å². The van der Waals surface area contributed by atoms with Crippen molar-refractivity contribution in [3.8, 4) is 0 Å². The summed E-state index contributed by atoms with van der Waals surface area (Å²) in [5.41, 5.74) is 1.68. The van der Waals surface area contributed by atoms with Gasteiger partial charge in [0, 0.05) is 18.7 Å². The average Bonchev–Trinajstić information content (AvgIpc) is 2.85. The zero-order valence-electron chi connectivity index (χ0n) is 13.3. The summed E-state index contributed by atoms with van der Waals surface area (Å²) in [4.78, 5) is 22.7. The number of carbonyl (C=O) groups excluding carboxylic acids is 1. The van der Waals surface area contributed by atoms with Gasteiger partial charge < -0.3 is 25.4 Å². The van der Waals surface area contributed by atoms with Crippen molar-refractivity contribution in [3.05, 3.63) is 29.3 Å². The first kappa shape index (κ1) is 17.5.